The lowest BCUT2D eigenvalue weighted by atomic mass is 10.0. The molecule has 2 rings (SSSR count). The van der Waals surface area contributed by atoms with E-state index in [0.717, 1.165) is 6.26 Å². The van der Waals surface area contributed by atoms with Gasteiger partial charge in [0, 0.05) is 13.1 Å². The van der Waals surface area contributed by atoms with Crippen LogP contribution in [0.4, 0.5) is 4.79 Å². The van der Waals surface area contributed by atoms with Crippen molar-refractivity contribution in [3.63, 3.8) is 0 Å². The number of nitrogens with zero attached hydrogens (tertiary/aromatic N) is 1. The number of carbonyl (C=O) groups is 1. The summed E-state index contributed by atoms with van der Waals surface area (Å²) >= 11 is 0. The zero-order valence-electron chi connectivity index (χ0n) is 12.5. The van der Waals surface area contributed by atoms with E-state index in [1.165, 1.54) is 0 Å². The molecule has 2 fully saturated rings. The average molecular weight is 305 g/mol. The molecule has 1 saturated carbocycles. The SMILES string of the molecule is CC(C)(C)OC(=O)N1C[C@H]2C[C@H](OS(C)(=O)=O)C[C@H]2C1. The Balaban J connectivity index is 1.87. The molecule has 6 nitrogen and oxygen atoms in total. The normalized spacial score (nSPS) is 30.4. The summed E-state index contributed by atoms with van der Waals surface area (Å²) in [5.74, 6) is 0.628. The van der Waals surface area contributed by atoms with Gasteiger partial charge in [0.2, 0.25) is 0 Å². The molecule has 116 valence electrons. The number of hydrogen-bond donors (Lipinski definition) is 0. The molecular weight excluding hydrogens is 282 g/mol. The fourth-order valence-corrected chi connectivity index (χ4v) is 3.70. The summed E-state index contributed by atoms with van der Waals surface area (Å²) in [7, 11) is -3.40. The van der Waals surface area contributed by atoms with E-state index in [1.54, 1.807) is 4.90 Å². The lowest BCUT2D eigenvalue weighted by Crippen LogP contribution is -2.36. The molecule has 20 heavy (non-hydrogen) atoms. The number of carbonyl (C=O) groups excluding carboxylic acids is 1. The van der Waals surface area contributed by atoms with Crippen molar-refractivity contribution >= 4 is 16.2 Å². The predicted octanol–water partition coefficient (Wildman–Crippen LogP) is 1.61. The van der Waals surface area contributed by atoms with Crippen LogP contribution in [0.3, 0.4) is 0 Å². The van der Waals surface area contributed by atoms with E-state index in [0.29, 0.717) is 37.8 Å². The van der Waals surface area contributed by atoms with Gasteiger partial charge in [0.25, 0.3) is 10.1 Å². The van der Waals surface area contributed by atoms with Crippen LogP contribution in [0, 0.1) is 11.8 Å². The van der Waals surface area contributed by atoms with Crippen LogP contribution in [-0.2, 0) is 19.0 Å². The number of rotatable bonds is 2. The minimum Gasteiger partial charge on any atom is -0.444 e. The first kappa shape index (κ1) is 15.6. The maximum absolute atomic E-state index is 12.0. The number of amides is 1. The molecule has 0 spiro atoms. The minimum absolute atomic E-state index is 0.235. The Kier molecular flexibility index (Phi) is 4.03. The average Bonchev–Trinajstić information content (AvgIpc) is 2.68. The smallest absolute Gasteiger partial charge is 0.410 e. The van der Waals surface area contributed by atoms with E-state index in [-0.39, 0.29) is 12.2 Å². The highest BCUT2D eigenvalue weighted by Gasteiger charge is 2.44. The van der Waals surface area contributed by atoms with Crippen LogP contribution in [0.5, 0.6) is 0 Å². The van der Waals surface area contributed by atoms with Crippen LogP contribution in [0.2, 0.25) is 0 Å². The van der Waals surface area contributed by atoms with Crippen molar-refractivity contribution in [2.45, 2.75) is 45.3 Å². The van der Waals surface area contributed by atoms with Crippen LogP contribution in [-0.4, -0.2) is 50.5 Å². The summed E-state index contributed by atoms with van der Waals surface area (Å²) in [4.78, 5) is 13.7. The third-order valence-corrected chi connectivity index (χ3v) is 4.29. The van der Waals surface area contributed by atoms with Gasteiger partial charge in [0.05, 0.1) is 12.4 Å². The maximum Gasteiger partial charge on any atom is 0.410 e. The van der Waals surface area contributed by atoms with Crippen molar-refractivity contribution in [2.75, 3.05) is 19.3 Å². The fraction of sp³-hybridized carbons (Fsp3) is 0.923. The Hall–Kier alpha value is -0.820. The van der Waals surface area contributed by atoms with E-state index in [2.05, 4.69) is 0 Å². The third kappa shape index (κ3) is 4.09. The van der Waals surface area contributed by atoms with Gasteiger partial charge >= 0.3 is 6.09 Å². The molecule has 0 bridgehead atoms. The van der Waals surface area contributed by atoms with Gasteiger partial charge < -0.3 is 9.64 Å². The summed E-state index contributed by atoms with van der Waals surface area (Å²) in [5, 5.41) is 0. The second-order valence-corrected chi connectivity index (χ2v) is 8.40. The second kappa shape index (κ2) is 5.18. The first-order valence-corrected chi connectivity index (χ1v) is 8.71. The standard InChI is InChI=1S/C13H23NO5S/c1-13(2,3)18-12(15)14-7-9-5-11(6-10(9)8-14)19-20(4,16)17/h9-11H,5-8H2,1-4H3/t9-,10+,11+. The summed E-state index contributed by atoms with van der Waals surface area (Å²) in [6.07, 6.45) is 1.94. The van der Waals surface area contributed by atoms with E-state index >= 15 is 0 Å². The first-order valence-electron chi connectivity index (χ1n) is 6.90. The van der Waals surface area contributed by atoms with E-state index in [1.807, 2.05) is 20.8 Å². The Labute approximate surface area is 120 Å². The molecule has 7 heteroatoms. The van der Waals surface area contributed by atoms with Crippen LogP contribution in [0.25, 0.3) is 0 Å². The van der Waals surface area contributed by atoms with Crippen LogP contribution in [0.15, 0.2) is 0 Å². The zero-order chi connectivity index (χ0) is 15.1. The lowest BCUT2D eigenvalue weighted by molar-refractivity contribution is 0.0272. The molecule has 3 atom stereocenters. The zero-order valence-corrected chi connectivity index (χ0v) is 13.3. The topological polar surface area (TPSA) is 72.9 Å². The molecule has 0 N–H and O–H groups in total. The quantitative estimate of drug-likeness (QED) is 0.725. The highest BCUT2D eigenvalue weighted by atomic mass is 32.2. The fourth-order valence-electron chi connectivity index (χ4n) is 3.05. The van der Waals surface area contributed by atoms with Crippen LogP contribution < -0.4 is 0 Å². The van der Waals surface area contributed by atoms with Gasteiger partial charge in [0.15, 0.2) is 0 Å². The third-order valence-electron chi connectivity index (χ3n) is 3.67. The summed E-state index contributed by atoms with van der Waals surface area (Å²) < 4.78 is 32.7. The molecule has 2 aliphatic rings. The molecule has 1 amide bonds. The number of ether oxygens (including phenoxy) is 1. The monoisotopic (exact) mass is 305 g/mol. The molecule has 1 aliphatic carbocycles. The largest absolute Gasteiger partial charge is 0.444 e. The number of likely N-dealkylation sites (tertiary alicyclic amines) is 1. The second-order valence-electron chi connectivity index (χ2n) is 6.80. The minimum atomic E-state index is -3.40. The van der Waals surface area contributed by atoms with Gasteiger partial charge in [-0.05, 0) is 45.4 Å². The molecule has 0 aromatic rings. The number of fused-ring (bicyclic) bond motifs is 1. The number of hydrogen-bond acceptors (Lipinski definition) is 5. The van der Waals surface area contributed by atoms with Gasteiger partial charge in [-0.15, -0.1) is 0 Å². The van der Waals surface area contributed by atoms with Crippen molar-refractivity contribution in [3.05, 3.63) is 0 Å². The van der Waals surface area contributed by atoms with Crippen molar-refractivity contribution < 1.29 is 22.1 Å². The first-order chi connectivity index (χ1) is 9.03. The van der Waals surface area contributed by atoms with Crippen LogP contribution >= 0.6 is 0 Å². The van der Waals surface area contributed by atoms with Crippen LogP contribution in [0.1, 0.15) is 33.6 Å². The van der Waals surface area contributed by atoms with Crippen molar-refractivity contribution in [3.8, 4) is 0 Å². The maximum atomic E-state index is 12.0. The highest BCUT2D eigenvalue weighted by molar-refractivity contribution is 7.86. The van der Waals surface area contributed by atoms with Gasteiger partial charge in [-0.3, -0.25) is 4.18 Å². The van der Waals surface area contributed by atoms with Gasteiger partial charge in [-0.25, -0.2) is 4.79 Å². The van der Waals surface area contributed by atoms with E-state index in [9.17, 15) is 13.2 Å². The van der Waals surface area contributed by atoms with Gasteiger partial charge in [0.1, 0.15) is 5.60 Å². The molecule has 0 aromatic heterocycles. The Bertz CT molecular complexity index is 467. The van der Waals surface area contributed by atoms with Gasteiger partial charge in [-0.1, -0.05) is 0 Å². The van der Waals surface area contributed by atoms with Gasteiger partial charge in [-0.2, -0.15) is 8.42 Å². The Morgan fingerprint density at radius 2 is 1.65 bits per heavy atom. The molecule has 0 radical (unpaired) electrons. The molecular formula is C13H23NO5S. The molecule has 0 aromatic carbocycles. The summed E-state index contributed by atoms with van der Waals surface area (Å²) in [5.41, 5.74) is -0.489. The van der Waals surface area contributed by atoms with E-state index in [4.69, 9.17) is 8.92 Å². The lowest BCUT2D eigenvalue weighted by Gasteiger charge is -2.25. The Morgan fingerprint density at radius 1 is 1.15 bits per heavy atom. The molecule has 0 unspecified atom stereocenters. The van der Waals surface area contributed by atoms with Crippen molar-refractivity contribution in [2.24, 2.45) is 11.8 Å². The van der Waals surface area contributed by atoms with Crippen molar-refractivity contribution in [1.82, 2.24) is 4.90 Å². The molecule has 1 aliphatic heterocycles. The summed E-state index contributed by atoms with van der Waals surface area (Å²) in [6, 6.07) is 0. The highest BCUT2D eigenvalue weighted by Crippen LogP contribution is 2.40. The summed E-state index contributed by atoms with van der Waals surface area (Å²) in [6.45, 7) is 6.79. The molecule has 1 heterocycles. The Morgan fingerprint density at radius 3 is 2.05 bits per heavy atom. The molecule has 1 saturated heterocycles. The van der Waals surface area contributed by atoms with E-state index < -0.39 is 15.7 Å². The predicted molar refractivity (Wildman–Crippen MR) is 73.7 cm³/mol. The van der Waals surface area contributed by atoms with Crippen molar-refractivity contribution in [1.29, 1.82) is 0 Å².